The second-order valence-corrected chi connectivity index (χ2v) is 4.45. The minimum atomic E-state index is -0.359. The van der Waals surface area contributed by atoms with Crippen molar-refractivity contribution in [1.82, 2.24) is 5.32 Å². The minimum Gasteiger partial charge on any atom is -0.394 e. The largest absolute Gasteiger partial charge is 0.394 e. The van der Waals surface area contributed by atoms with Crippen molar-refractivity contribution >= 4 is 5.91 Å². The van der Waals surface area contributed by atoms with Crippen LogP contribution in [-0.2, 0) is 4.79 Å². The number of aliphatic hydroxyl groups excluding tert-OH is 1. The van der Waals surface area contributed by atoms with E-state index in [0.29, 0.717) is 6.54 Å². The van der Waals surface area contributed by atoms with E-state index < -0.39 is 0 Å². The molecule has 4 nitrogen and oxygen atoms in total. The first kappa shape index (κ1) is 12.5. The zero-order valence-electron chi connectivity index (χ0n) is 9.46. The summed E-state index contributed by atoms with van der Waals surface area (Å²) in [5, 5.41) is 11.9. The second kappa shape index (κ2) is 5.47. The molecular weight excluding hydrogens is 192 g/mol. The maximum atomic E-state index is 12.0. The molecule has 0 spiro atoms. The lowest BCUT2D eigenvalue weighted by Gasteiger charge is -2.28. The number of hydrogen-bond donors (Lipinski definition) is 3. The molecular formula is C11H22N2O2. The maximum Gasteiger partial charge on any atom is 0.227 e. The molecule has 4 heteroatoms. The van der Waals surface area contributed by atoms with Gasteiger partial charge in [0.25, 0.3) is 0 Å². The van der Waals surface area contributed by atoms with Gasteiger partial charge in [0.2, 0.25) is 5.91 Å². The predicted octanol–water partition coefficient (Wildman–Crippen LogP) is 0.393. The number of carbonyl (C=O) groups is 1. The summed E-state index contributed by atoms with van der Waals surface area (Å²) in [6.07, 6.45) is 4.69. The molecule has 0 heterocycles. The molecule has 0 bridgehead atoms. The monoisotopic (exact) mass is 214 g/mol. The molecule has 1 amide bonds. The first-order valence-electron chi connectivity index (χ1n) is 5.80. The molecule has 1 saturated carbocycles. The molecule has 0 aromatic carbocycles. The van der Waals surface area contributed by atoms with Gasteiger partial charge in [-0.3, -0.25) is 4.79 Å². The molecule has 1 rings (SSSR count). The zero-order chi connectivity index (χ0) is 11.3. The normalized spacial score (nSPS) is 21.3. The van der Waals surface area contributed by atoms with Gasteiger partial charge in [-0.05, 0) is 19.3 Å². The van der Waals surface area contributed by atoms with Crippen molar-refractivity contribution in [3.05, 3.63) is 0 Å². The predicted molar refractivity (Wildman–Crippen MR) is 59.3 cm³/mol. The van der Waals surface area contributed by atoms with Crippen molar-refractivity contribution < 1.29 is 9.90 Å². The Kier molecular flexibility index (Phi) is 4.54. The molecule has 0 aliphatic heterocycles. The van der Waals surface area contributed by atoms with Gasteiger partial charge in [-0.25, -0.2) is 0 Å². The number of hydrogen-bond acceptors (Lipinski definition) is 3. The maximum absolute atomic E-state index is 12.0. The van der Waals surface area contributed by atoms with E-state index in [4.69, 9.17) is 10.8 Å². The third-order valence-corrected chi connectivity index (χ3v) is 3.48. The number of aliphatic hydroxyl groups is 1. The Morgan fingerprint density at radius 3 is 2.53 bits per heavy atom. The molecule has 0 saturated heterocycles. The van der Waals surface area contributed by atoms with E-state index in [-0.39, 0.29) is 24.0 Å². The van der Waals surface area contributed by atoms with E-state index in [9.17, 15) is 4.79 Å². The Balaban J connectivity index is 2.57. The Morgan fingerprint density at radius 1 is 1.53 bits per heavy atom. The van der Waals surface area contributed by atoms with Crippen LogP contribution in [0.5, 0.6) is 0 Å². The number of nitrogens with one attached hydrogen (secondary N) is 1. The van der Waals surface area contributed by atoms with Crippen molar-refractivity contribution in [3.63, 3.8) is 0 Å². The van der Waals surface area contributed by atoms with Crippen LogP contribution >= 0.6 is 0 Å². The summed E-state index contributed by atoms with van der Waals surface area (Å²) in [4.78, 5) is 12.0. The van der Waals surface area contributed by atoms with E-state index in [1.54, 1.807) is 0 Å². The highest BCUT2D eigenvalue weighted by Crippen LogP contribution is 2.37. The standard InChI is InChI=1S/C11H22N2O2/c1-2-9(7-14)13-10(15)11(8-12)5-3-4-6-11/h9,14H,2-8,12H2,1H3,(H,13,15). The highest BCUT2D eigenvalue weighted by molar-refractivity contribution is 5.83. The molecule has 0 radical (unpaired) electrons. The third-order valence-electron chi connectivity index (χ3n) is 3.48. The van der Waals surface area contributed by atoms with Crippen molar-refractivity contribution in [2.24, 2.45) is 11.1 Å². The summed E-state index contributed by atoms with van der Waals surface area (Å²) in [5.41, 5.74) is 5.35. The number of nitrogens with two attached hydrogens (primary N) is 1. The van der Waals surface area contributed by atoms with Gasteiger partial charge in [0.05, 0.1) is 18.1 Å². The number of carbonyl (C=O) groups excluding carboxylic acids is 1. The van der Waals surface area contributed by atoms with E-state index in [2.05, 4.69) is 5.32 Å². The van der Waals surface area contributed by atoms with Crippen LogP contribution in [0.4, 0.5) is 0 Å². The van der Waals surface area contributed by atoms with Crippen LogP contribution < -0.4 is 11.1 Å². The molecule has 15 heavy (non-hydrogen) atoms. The van der Waals surface area contributed by atoms with Gasteiger partial charge < -0.3 is 16.2 Å². The van der Waals surface area contributed by atoms with Crippen LogP contribution in [0.15, 0.2) is 0 Å². The van der Waals surface area contributed by atoms with Crippen molar-refractivity contribution in [2.45, 2.75) is 45.1 Å². The highest BCUT2D eigenvalue weighted by Gasteiger charge is 2.40. The Bertz CT molecular complexity index is 209. The fraction of sp³-hybridized carbons (Fsp3) is 0.909. The van der Waals surface area contributed by atoms with Crippen LogP contribution in [0.2, 0.25) is 0 Å². The number of amides is 1. The van der Waals surface area contributed by atoms with Crippen LogP contribution in [-0.4, -0.2) is 30.2 Å². The van der Waals surface area contributed by atoms with Gasteiger partial charge in [-0.1, -0.05) is 19.8 Å². The van der Waals surface area contributed by atoms with Crippen LogP contribution in [0.1, 0.15) is 39.0 Å². The average molecular weight is 214 g/mol. The average Bonchev–Trinajstić information content (AvgIpc) is 2.75. The minimum absolute atomic E-state index is 0.00287. The lowest BCUT2D eigenvalue weighted by atomic mass is 9.85. The molecule has 88 valence electrons. The Labute approximate surface area is 91.2 Å². The fourth-order valence-electron chi connectivity index (χ4n) is 2.19. The molecule has 1 aliphatic rings. The molecule has 1 aliphatic carbocycles. The molecule has 1 unspecified atom stereocenters. The van der Waals surface area contributed by atoms with E-state index >= 15 is 0 Å². The number of rotatable bonds is 5. The van der Waals surface area contributed by atoms with Gasteiger partial charge in [0.15, 0.2) is 0 Å². The van der Waals surface area contributed by atoms with Crippen molar-refractivity contribution in [3.8, 4) is 0 Å². The topological polar surface area (TPSA) is 75.3 Å². The van der Waals surface area contributed by atoms with Crippen molar-refractivity contribution in [1.29, 1.82) is 0 Å². The summed E-state index contributed by atoms with van der Waals surface area (Å²) in [5.74, 6) is 0.0309. The van der Waals surface area contributed by atoms with Gasteiger partial charge in [-0.15, -0.1) is 0 Å². The first-order valence-corrected chi connectivity index (χ1v) is 5.80. The summed E-state index contributed by atoms with van der Waals surface area (Å²) < 4.78 is 0. The summed E-state index contributed by atoms with van der Waals surface area (Å²) in [6.45, 7) is 2.37. The highest BCUT2D eigenvalue weighted by atomic mass is 16.3. The van der Waals surface area contributed by atoms with E-state index in [0.717, 1.165) is 32.1 Å². The quantitative estimate of drug-likeness (QED) is 0.620. The molecule has 1 atom stereocenters. The Hall–Kier alpha value is -0.610. The van der Waals surface area contributed by atoms with E-state index in [1.807, 2.05) is 6.92 Å². The van der Waals surface area contributed by atoms with Crippen LogP contribution in [0, 0.1) is 5.41 Å². The third kappa shape index (κ3) is 2.69. The summed E-state index contributed by atoms with van der Waals surface area (Å²) in [6, 6.07) is -0.124. The molecule has 1 fully saturated rings. The van der Waals surface area contributed by atoms with Gasteiger partial charge in [0, 0.05) is 6.54 Å². The molecule has 0 aromatic heterocycles. The molecule has 0 aromatic rings. The fourth-order valence-corrected chi connectivity index (χ4v) is 2.19. The van der Waals surface area contributed by atoms with Gasteiger partial charge in [0.1, 0.15) is 0 Å². The van der Waals surface area contributed by atoms with Crippen LogP contribution in [0.25, 0.3) is 0 Å². The van der Waals surface area contributed by atoms with Gasteiger partial charge in [-0.2, -0.15) is 0 Å². The van der Waals surface area contributed by atoms with Gasteiger partial charge >= 0.3 is 0 Å². The summed E-state index contributed by atoms with van der Waals surface area (Å²) >= 11 is 0. The summed E-state index contributed by atoms with van der Waals surface area (Å²) in [7, 11) is 0. The van der Waals surface area contributed by atoms with Crippen LogP contribution in [0.3, 0.4) is 0 Å². The second-order valence-electron chi connectivity index (χ2n) is 4.45. The Morgan fingerprint density at radius 2 is 2.13 bits per heavy atom. The van der Waals surface area contributed by atoms with E-state index in [1.165, 1.54) is 0 Å². The molecule has 4 N–H and O–H groups in total. The lowest BCUT2D eigenvalue weighted by molar-refractivity contribution is -0.131. The smallest absolute Gasteiger partial charge is 0.227 e. The first-order chi connectivity index (χ1) is 7.18. The zero-order valence-corrected chi connectivity index (χ0v) is 9.46. The lowest BCUT2D eigenvalue weighted by Crippen LogP contribution is -2.48. The van der Waals surface area contributed by atoms with Crippen molar-refractivity contribution in [2.75, 3.05) is 13.2 Å². The SMILES string of the molecule is CCC(CO)NC(=O)C1(CN)CCCC1.